The lowest BCUT2D eigenvalue weighted by Crippen LogP contribution is -2.43. The van der Waals surface area contributed by atoms with Gasteiger partial charge in [0, 0.05) is 6.54 Å². The molecule has 0 aliphatic rings. The van der Waals surface area contributed by atoms with Crippen molar-refractivity contribution in [3.63, 3.8) is 0 Å². The summed E-state index contributed by atoms with van der Waals surface area (Å²) in [6, 6.07) is 6.45. The number of hydrogen-bond donors (Lipinski definition) is 3. The number of benzene rings is 1. The number of nitrogens with one attached hydrogen (secondary N) is 3. The maximum absolute atomic E-state index is 12.0. The molecule has 2 aromatic rings. The first-order valence-corrected chi connectivity index (χ1v) is 7.34. The maximum atomic E-state index is 12.0. The number of carbonyl (C=O) groups excluding carboxylic acids is 2. The van der Waals surface area contributed by atoms with Gasteiger partial charge < -0.3 is 10.3 Å². The third-order valence-electron chi connectivity index (χ3n) is 3.16. The number of H-pyrrole nitrogens is 1. The van der Waals surface area contributed by atoms with Crippen molar-refractivity contribution in [2.45, 2.75) is 6.54 Å². The molecule has 3 N–H and O–H groups in total. The standard InChI is InChI=1S/C16H19N5O3/c1-3-8-17-16(24)20-14(22)10-21(2)9-13-18-12-7-5-4-6-11(12)15(23)19-13/h3-7H,1,8-10H2,2H3,(H,18,19,23)(H2,17,20,22,24). The Bertz CT molecular complexity index is 815. The summed E-state index contributed by atoms with van der Waals surface area (Å²) < 4.78 is 0. The molecule has 8 nitrogen and oxygen atoms in total. The van der Waals surface area contributed by atoms with Gasteiger partial charge in [-0.25, -0.2) is 9.78 Å². The molecule has 0 saturated carbocycles. The Balaban J connectivity index is 1.96. The van der Waals surface area contributed by atoms with Gasteiger partial charge in [0.25, 0.3) is 5.56 Å². The molecule has 1 aromatic carbocycles. The number of para-hydroxylation sites is 1. The Hall–Kier alpha value is -3.00. The molecule has 3 amide bonds. The summed E-state index contributed by atoms with van der Waals surface area (Å²) >= 11 is 0. The topological polar surface area (TPSA) is 107 Å². The summed E-state index contributed by atoms with van der Waals surface area (Å²) in [4.78, 5) is 43.8. The average molecular weight is 329 g/mol. The van der Waals surface area contributed by atoms with E-state index in [0.29, 0.717) is 16.7 Å². The summed E-state index contributed by atoms with van der Waals surface area (Å²) in [6.45, 7) is 3.99. The Morgan fingerprint density at radius 1 is 1.38 bits per heavy atom. The minimum atomic E-state index is -0.578. The van der Waals surface area contributed by atoms with Crippen molar-refractivity contribution in [2.75, 3.05) is 20.1 Å². The third-order valence-corrected chi connectivity index (χ3v) is 3.16. The number of fused-ring (bicyclic) bond motifs is 1. The predicted octanol–water partition coefficient (Wildman–Crippen LogP) is 0.367. The number of imide groups is 1. The molecule has 0 aliphatic heterocycles. The summed E-state index contributed by atoms with van der Waals surface area (Å²) in [5, 5.41) is 5.16. The largest absolute Gasteiger partial charge is 0.334 e. The normalized spacial score (nSPS) is 10.6. The molecule has 0 saturated heterocycles. The zero-order chi connectivity index (χ0) is 17.5. The van der Waals surface area contributed by atoms with E-state index in [1.807, 2.05) is 0 Å². The van der Waals surface area contributed by atoms with Crippen molar-refractivity contribution in [2.24, 2.45) is 0 Å². The van der Waals surface area contributed by atoms with E-state index in [1.165, 1.54) is 6.08 Å². The zero-order valence-electron chi connectivity index (χ0n) is 13.3. The molecule has 0 spiro atoms. The van der Waals surface area contributed by atoms with Crippen molar-refractivity contribution in [1.29, 1.82) is 0 Å². The Labute approximate surface area is 138 Å². The van der Waals surface area contributed by atoms with Crippen LogP contribution < -0.4 is 16.2 Å². The molecular formula is C16H19N5O3. The number of likely N-dealkylation sites (N-methyl/N-ethyl adjacent to an activating group) is 1. The van der Waals surface area contributed by atoms with Gasteiger partial charge in [-0.1, -0.05) is 18.2 Å². The fraction of sp³-hybridized carbons (Fsp3) is 0.250. The quantitative estimate of drug-likeness (QED) is 0.664. The second-order valence-electron chi connectivity index (χ2n) is 5.25. The van der Waals surface area contributed by atoms with Gasteiger partial charge in [-0.3, -0.25) is 19.8 Å². The Morgan fingerprint density at radius 3 is 2.88 bits per heavy atom. The first kappa shape index (κ1) is 17.4. The number of urea groups is 1. The minimum Gasteiger partial charge on any atom is -0.334 e. The first-order chi connectivity index (χ1) is 11.5. The highest BCUT2D eigenvalue weighted by Gasteiger charge is 2.12. The number of amides is 3. The van der Waals surface area contributed by atoms with Crippen molar-refractivity contribution in [3.05, 3.63) is 53.1 Å². The van der Waals surface area contributed by atoms with Crippen LogP contribution in [0.25, 0.3) is 10.9 Å². The lowest BCUT2D eigenvalue weighted by atomic mass is 10.2. The Kier molecular flexibility index (Phi) is 5.80. The molecule has 0 atom stereocenters. The predicted molar refractivity (Wildman–Crippen MR) is 90.4 cm³/mol. The zero-order valence-corrected chi connectivity index (χ0v) is 13.3. The molecule has 126 valence electrons. The average Bonchev–Trinajstić information content (AvgIpc) is 2.52. The van der Waals surface area contributed by atoms with Gasteiger partial charge in [-0.2, -0.15) is 0 Å². The van der Waals surface area contributed by atoms with Crippen LogP contribution in [0.15, 0.2) is 41.7 Å². The highest BCUT2D eigenvalue weighted by atomic mass is 16.2. The van der Waals surface area contributed by atoms with Gasteiger partial charge in [-0.15, -0.1) is 6.58 Å². The van der Waals surface area contributed by atoms with Gasteiger partial charge in [0.05, 0.1) is 24.0 Å². The van der Waals surface area contributed by atoms with Crippen LogP contribution in [-0.4, -0.2) is 46.9 Å². The van der Waals surface area contributed by atoms with E-state index < -0.39 is 11.9 Å². The summed E-state index contributed by atoms with van der Waals surface area (Å²) in [6.07, 6.45) is 1.51. The molecular weight excluding hydrogens is 310 g/mol. The molecule has 0 aliphatic carbocycles. The highest BCUT2D eigenvalue weighted by molar-refractivity contribution is 5.95. The van der Waals surface area contributed by atoms with Crippen molar-refractivity contribution in [3.8, 4) is 0 Å². The number of nitrogens with zero attached hydrogens (tertiary/aromatic N) is 2. The lowest BCUT2D eigenvalue weighted by molar-refractivity contribution is -0.121. The minimum absolute atomic E-state index is 0.0158. The molecule has 0 bridgehead atoms. The second kappa shape index (κ2) is 8.02. The number of rotatable bonds is 6. The molecule has 2 rings (SSSR count). The number of hydrogen-bond acceptors (Lipinski definition) is 5. The summed E-state index contributed by atoms with van der Waals surface area (Å²) in [5.74, 6) is -0.00712. The highest BCUT2D eigenvalue weighted by Crippen LogP contribution is 2.06. The van der Waals surface area contributed by atoms with E-state index >= 15 is 0 Å². The maximum Gasteiger partial charge on any atom is 0.321 e. The van der Waals surface area contributed by atoms with Crippen LogP contribution in [-0.2, 0) is 11.3 Å². The number of carbonyl (C=O) groups is 2. The van der Waals surface area contributed by atoms with Crippen LogP contribution in [0.3, 0.4) is 0 Å². The van der Waals surface area contributed by atoms with Crippen LogP contribution >= 0.6 is 0 Å². The second-order valence-corrected chi connectivity index (χ2v) is 5.25. The van der Waals surface area contributed by atoms with E-state index in [2.05, 4.69) is 27.2 Å². The monoisotopic (exact) mass is 329 g/mol. The van der Waals surface area contributed by atoms with Gasteiger partial charge in [0.1, 0.15) is 5.82 Å². The number of aromatic nitrogens is 2. The van der Waals surface area contributed by atoms with Crippen LogP contribution in [0, 0.1) is 0 Å². The Morgan fingerprint density at radius 2 is 2.12 bits per heavy atom. The summed E-state index contributed by atoms with van der Waals surface area (Å²) in [7, 11) is 1.69. The van der Waals surface area contributed by atoms with Crippen LogP contribution in [0.1, 0.15) is 5.82 Å². The molecule has 24 heavy (non-hydrogen) atoms. The van der Waals surface area contributed by atoms with Gasteiger partial charge >= 0.3 is 6.03 Å². The summed E-state index contributed by atoms with van der Waals surface area (Å²) in [5.41, 5.74) is 0.371. The smallest absolute Gasteiger partial charge is 0.321 e. The molecule has 1 heterocycles. The van der Waals surface area contributed by atoms with E-state index in [0.717, 1.165) is 0 Å². The fourth-order valence-electron chi connectivity index (χ4n) is 2.14. The SMILES string of the molecule is C=CCNC(=O)NC(=O)CN(C)Cc1nc2ccccc2c(=O)[nH]1. The van der Waals surface area contributed by atoms with Gasteiger partial charge in [0.15, 0.2) is 0 Å². The van der Waals surface area contributed by atoms with Crippen molar-refractivity contribution in [1.82, 2.24) is 25.5 Å². The molecule has 8 heteroatoms. The molecule has 0 radical (unpaired) electrons. The molecule has 1 aromatic heterocycles. The van der Waals surface area contributed by atoms with Crippen molar-refractivity contribution >= 4 is 22.8 Å². The van der Waals surface area contributed by atoms with E-state index in [4.69, 9.17) is 0 Å². The van der Waals surface area contributed by atoms with Gasteiger partial charge in [0.2, 0.25) is 5.91 Å². The number of aromatic amines is 1. The molecule has 0 unspecified atom stereocenters. The fourth-order valence-corrected chi connectivity index (χ4v) is 2.14. The van der Waals surface area contributed by atoms with Crippen molar-refractivity contribution < 1.29 is 9.59 Å². The van der Waals surface area contributed by atoms with Crippen LogP contribution in [0.5, 0.6) is 0 Å². The third kappa shape index (κ3) is 4.75. The van der Waals surface area contributed by atoms with Gasteiger partial charge in [-0.05, 0) is 19.2 Å². The van der Waals surface area contributed by atoms with Crippen LogP contribution in [0.4, 0.5) is 4.79 Å². The van der Waals surface area contributed by atoms with E-state index in [-0.39, 0.29) is 25.2 Å². The first-order valence-electron chi connectivity index (χ1n) is 7.34. The lowest BCUT2D eigenvalue weighted by Gasteiger charge is -2.15. The molecule has 0 fully saturated rings. The van der Waals surface area contributed by atoms with E-state index in [1.54, 1.807) is 36.2 Å². The van der Waals surface area contributed by atoms with E-state index in [9.17, 15) is 14.4 Å². The van der Waals surface area contributed by atoms with Crippen LogP contribution in [0.2, 0.25) is 0 Å².